The zero-order chi connectivity index (χ0) is 14.4. The first-order valence-corrected chi connectivity index (χ1v) is 6.82. The molecule has 1 aliphatic rings. The largest absolute Gasteiger partial charge is 0.355 e. The molecule has 8 heteroatoms. The van der Waals surface area contributed by atoms with Crippen LogP contribution in [-0.2, 0) is 4.79 Å². The van der Waals surface area contributed by atoms with Crippen molar-refractivity contribution in [1.29, 1.82) is 0 Å². The molecule has 0 aromatic carbocycles. The molecular weight excluding hydrogens is 262 g/mol. The van der Waals surface area contributed by atoms with Gasteiger partial charge in [-0.3, -0.25) is 9.59 Å². The SMILES string of the molecule is CCCNC(=O)CNC(=O)c1noc(C2CCCN2)n1. The zero-order valence-corrected chi connectivity index (χ0v) is 11.4. The van der Waals surface area contributed by atoms with E-state index >= 15 is 0 Å². The number of carbonyl (C=O) groups excluding carboxylic acids is 2. The van der Waals surface area contributed by atoms with Crippen molar-refractivity contribution in [2.45, 2.75) is 32.2 Å². The molecule has 3 N–H and O–H groups in total. The van der Waals surface area contributed by atoms with Crippen LogP contribution in [0.3, 0.4) is 0 Å². The van der Waals surface area contributed by atoms with E-state index in [1.54, 1.807) is 0 Å². The molecule has 2 heterocycles. The van der Waals surface area contributed by atoms with Gasteiger partial charge in [-0.15, -0.1) is 0 Å². The van der Waals surface area contributed by atoms with Crippen LogP contribution in [0.2, 0.25) is 0 Å². The summed E-state index contributed by atoms with van der Waals surface area (Å²) in [7, 11) is 0. The number of rotatable bonds is 6. The number of nitrogens with zero attached hydrogens (tertiary/aromatic N) is 2. The van der Waals surface area contributed by atoms with Crippen LogP contribution in [0.5, 0.6) is 0 Å². The predicted molar refractivity (Wildman–Crippen MR) is 69.9 cm³/mol. The average molecular weight is 281 g/mol. The van der Waals surface area contributed by atoms with E-state index < -0.39 is 5.91 Å². The molecule has 0 radical (unpaired) electrons. The fourth-order valence-corrected chi connectivity index (χ4v) is 1.93. The van der Waals surface area contributed by atoms with Crippen molar-refractivity contribution in [2.24, 2.45) is 0 Å². The smallest absolute Gasteiger partial charge is 0.293 e. The highest BCUT2D eigenvalue weighted by Gasteiger charge is 2.24. The van der Waals surface area contributed by atoms with Gasteiger partial charge < -0.3 is 20.5 Å². The van der Waals surface area contributed by atoms with Crippen molar-refractivity contribution < 1.29 is 14.1 Å². The van der Waals surface area contributed by atoms with E-state index in [2.05, 4.69) is 26.1 Å². The number of carbonyl (C=O) groups is 2. The lowest BCUT2D eigenvalue weighted by Crippen LogP contribution is -2.37. The molecule has 1 aliphatic heterocycles. The molecule has 1 aromatic rings. The van der Waals surface area contributed by atoms with Crippen LogP contribution in [0.25, 0.3) is 0 Å². The molecule has 8 nitrogen and oxygen atoms in total. The molecule has 20 heavy (non-hydrogen) atoms. The summed E-state index contributed by atoms with van der Waals surface area (Å²) in [5.74, 6) is -0.369. The van der Waals surface area contributed by atoms with Gasteiger partial charge in [-0.2, -0.15) is 4.98 Å². The van der Waals surface area contributed by atoms with Gasteiger partial charge in [0.15, 0.2) is 0 Å². The normalized spacial score (nSPS) is 17.9. The first-order valence-electron chi connectivity index (χ1n) is 6.82. The number of hydrogen-bond donors (Lipinski definition) is 3. The number of nitrogens with one attached hydrogen (secondary N) is 3. The summed E-state index contributed by atoms with van der Waals surface area (Å²) >= 11 is 0. The Hall–Kier alpha value is -1.96. The lowest BCUT2D eigenvalue weighted by atomic mass is 10.2. The molecule has 1 aromatic heterocycles. The van der Waals surface area contributed by atoms with Crippen molar-refractivity contribution in [3.05, 3.63) is 11.7 Å². The molecule has 1 atom stereocenters. The Morgan fingerprint density at radius 3 is 3.00 bits per heavy atom. The summed E-state index contributed by atoms with van der Waals surface area (Å²) in [6, 6.07) is 0.0249. The molecule has 2 amide bonds. The summed E-state index contributed by atoms with van der Waals surface area (Å²) in [5, 5.41) is 12.0. The highest BCUT2D eigenvalue weighted by atomic mass is 16.5. The van der Waals surface area contributed by atoms with Crippen LogP contribution in [-0.4, -0.2) is 41.6 Å². The predicted octanol–water partition coefficient (Wildman–Crippen LogP) is -0.250. The minimum atomic E-state index is -0.510. The Morgan fingerprint density at radius 2 is 2.30 bits per heavy atom. The molecule has 0 spiro atoms. The third kappa shape index (κ3) is 3.77. The summed E-state index contributed by atoms with van der Waals surface area (Å²) in [5.41, 5.74) is 0. The number of amides is 2. The Kier molecular flexibility index (Phi) is 5.05. The summed E-state index contributed by atoms with van der Waals surface area (Å²) < 4.78 is 5.06. The molecule has 2 rings (SSSR count). The maximum atomic E-state index is 11.8. The highest BCUT2D eigenvalue weighted by Crippen LogP contribution is 2.20. The maximum Gasteiger partial charge on any atom is 0.293 e. The zero-order valence-electron chi connectivity index (χ0n) is 11.4. The average Bonchev–Trinajstić information content (AvgIpc) is 3.11. The van der Waals surface area contributed by atoms with Gasteiger partial charge in [0.25, 0.3) is 11.7 Å². The highest BCUT2D eigenvalue weighted by molar-refractivity contribution is 5.93. The van der Waals surface area contributed by atoms with E-state index in [9.17, 15) is 9.59 Å². The van der Waals surface area contributed by atoms with E-state index in [0.717, 1.165) is 25.8 Å². The summed E-state index contributed by atoms with van der Waals surface area (Å²) in [6.45, 7) is 3.36. The molecule has 110 valence electrons. The fraction of sp³-hybridized carbons (Fsp3) is 0.667. The van der Waals surface area contributed by atoms with Crippen LogP contribution < -0.4 is 16.0 Å². The molecule has 1 unspecified atom stereocenters. The van der Waals surface area contributed by atoms with E-state index in [-0.39, 0.29) is 24.3 Å². The van der Waals surface area contributed by atoms with E-state index in [4.69, 9.17) is 4.52 Å². The van der Waals surface area contributed by atoms with Crippen LogP contribution in [0.1, 0.15) is 48.7 Å². The fourth-order valence-electron chi connectivity index (χ4n) is 1.93. The van der Waals surface area contributed by atoms with E-state index in [1.807, 2.05) is 6.92 Å². The molecule has 0 bridgehead atoms. The number of aromatic nitrogens is 2. The van der Waals surface area contributed by atoms with Crippen LogP contribution in [0.15, 0.2) is 4.52 Å². The van der Waals surface area contributed by atoms with Gasteiger partial charge in [-0.25, -0.2) is 0 Å². The first kappa shape index (κ1) is 14.4. The van der Waals surface area contributed by atoms with Crippen molar-refractivity contribution >= 4 is 11.8 Å². The lowest BCUT2D eigenvalue weighted by molar-refractivity contribution is -0.120. The van der Waals surface area contributed by atoms with Crippen LogP contribution in [0.4, 0.5) is 0 Å². The minimum Gasteiger partial charge on any atom is -0.355 e. The first-order chi connectivity index (χ1) is 9.70. The Labute approximate surface area is 116 Å². The molecule has 0 aliphatic carbocycles. The molecule has 1 saturated heterocycles. The second-order valence-corrected chi connectivity index (χ2v) is 4.64. The van der Waals surface area contributed by atoms with E-state index in [0.29, 0.717) is 12.4 Å². The van der Waals surface area contributed by atoms with Gasteiger partial charge in [-0.05, 0) is 25.8 Å². The van der Waals surface area contributed by atoms with Gasteiger partial charge in [0.05, 0.1) is 12.6 Å². The Morgan fingerprint density at radius 1 is 1.45 bits per heavy atom. The van der Waals surface area contributed by atoms with Gasteiger partial charge in [0.2, 0.25) is 11.8 Å². The molecule has 1 fully saturated rings. The molecular formula is C12H19N5O3. The van der Waals surface area contributed by atoms with Crippen molar-refractivity contribution in [3.8, 4) is 0 Å². The lowest BCUT2D eigenvalue weighted by Gasteiger charge is -2.03. The third-order valence-corrected chi connectivity index (χ3v) is 2.98. The quantitative estimate of drug-likeness (QED) is 0.663. The second kappa shape index (κ2) is 6.99. The van der Waals surface area contributed by atoms with Crippen molar-refractivity contribution in [3.63, 3.8) is 0 Å². The Balaban J connectivity index is 1.81. The van der Waals surface area contributed by atoms with Gasteiger partial charge in [-0.1, -0.05) is 12.1 Å². The van der Waals surface area contributed by atoms with Gasteiger partial charge in [0.1, 0.15) is 0 Å². The standard InChI is InChI=1S/C12H19N5O3/c1-2-5-14-9(18)7-15-11(19)10-16-12(20-17-10)8-4-3-6-13-8/h8,13H,2-7H2,1H3,(H,14,18)(H,15,19). The summed E-state index contributed by atoms with van der Waals surface area (Å²) in [4.78, 5) is 27.2. The molecule has 0 saturated carbocycles. The second-order valence-electron chi connectivity index (χ2n) is 4.64. The number of hydrogen-bond acceptors (Lipinski definition) is 6. The monoisotopic (exact) mass is 281 g/mol. The van der Waals surface area contributed by atoms with Gasteiger partial charge >= 0.3 is 0 Å². The topological polar surface area (TPSA) is 109 Å². The minimum absolute atomic E-state index is 0.0249. The Bertz CT molecular complexity index is 467. The van der Waals surface area contributed by atoms with Crippen LogP contribution >= 0.6 is 0 Å². The van der Waals surface area contributed by atoms with Crippen LogP contribution in [0, 0.1) is 0 Å². The van der Waals surface area contributed by atoms with E-state index in [1.165, 1.54) is 0 Å². The van der Waals surface area contributed by atoms with Crippen molar-refractivity contribution in [2.75, 3.05) is 19.6 Å². The maximum absolute atomic E-state index is 11.8. The summed E-state index contributed by atoms with van der Waals surface area (Å²) in [6.07, 6.45) is 2.82. The third-order valence-electron chi connectivity index (χ3n) is 2.98. The van der Waals surface area contributed by atoms with Crippen molar-refractivity contribution in [1.82, 2.24) is 26.1 Å². The van der Waals surface area contributed by atoms with Gasteiger partial charge in [0, 0.05) is 6.54 Å².